The molecule has 0 unspecified atom stereocenters. The van der Waals surface area contributed by atoms with Gasteiger partial charge >= 0.3 is 6.09 Å². The largest absolute Gasteiger partial charge is 0.453 e. The number of carbonyl (C=O) groups excluding carboxylic acids is 3. The van der Waals surface area contributed by atoms with Crippen LogP contribution >= 0.6 is 0 Å². The molecule has 2 aromatic heterocycles. The molecule has 1 aromatic carbocycles. The maximum atomic E-state index is 14.2. The number of alkyl carbamates (subject to hydrolysis) is 1. The second-order valence-electron chi connectivity index (χ2n) is 10.4. The number of methoxy groups -OCH3 is 1. The Morgan fingerprint density at radius 2 is 1.93 bits per heavy atom. The van der Waals surface area contributed by atoms with E-state index in [-0.39, 0.29) is 48.0 Å². The molecule has 1 atom stereocenters. The molecule has 3 rings (SSSR count). The van der Waals surface area contributed by atoms with Crippen molar-refractivity contribution in [3.8, 4) is 0 Å². The lowest BCUT2D eigenvalue weighted by Crippen LogP contribution is -2.42. The number of halogens is 1. The number of rotatable bonds is 12. The zero-order valence-electron chi connectivity index (χ0n) is 23.6. The molecule has 9 nitrogen and oxygen atoms in total. The summed E-state index contributed by atoms with van der Waals surface area (Å²) in [5.74, 6) is -0.499. The Kier molecular flexibility index (Phi) is 10.4. The van der Waals surface area contributed by atoms with Gasteiger partial charge in [-0.1, -0.05) is 26.0 Å². The highest BCUT2D eigenvalue weighted by molar-refractivity contribution is 5.89. The van der Waals surface area contributed by atoms with Crippen LogP contribution in [0.5, 0.6) is 0 Å². The molecular weight excluding hydrogens is 515 g/mol. The Bertz CT molecular complexity index is 1450. The third-order valence-corrected chi connectivity index (χ3v) is 6.45. The number of pyridine rings is 1. The Morgan fingerprint density at radius 3 is 2.60 bits per heavy atom. The van der Waals surface area contributed by atoms with E-state index >= 15 is 0 Å². The van der Waals surface area contributed by atoms with Gasteiger partial charge in [0.15, 0.2) is 5.78 Å². The smallest absolute Gasteiger partial charge is 0.407 e. The standard InChI is InChI=1S/C30H37FN4O5/c1-19(2)13-21-14-23(31)15-22-16-24(32-28(21)22)18-35-12-8-9-20(29(35)38)17-26(36)25(33-30(39)40-5)10-6-7-11-27(37)34(3)4/h7-9,11-12,14-16,19,25,32H,6,10,13,17-18H2,1-5H3,(H,33,39)/b11-7+/t25-/m0/s1. The minimum atomic E-state index is -0.900. The van der Waals surface area contributed by atoms with Gasteiger partial charge in [0.2, 0.25) is 5.91 Å². The summed E-state index contributed by atoms with van der Waals surface area (Å²) in [5.41, 5.74) is 2.41. The number of H-pyrrole nitrogens is 1. The number of allylic oxidation sites excluding steroid dienone is 1. The van der Waals surface area contributed by atoms with Crippen LogP contribution in [0.2, 0.25) is 0 Å². The van der Waals surface area contributed by atoms with Crippen molar-refractivity contribution < 1.29 is 23.5 Å². The summed E-state index contributed by atoms with van der Waals surface area (Å²) in [6.45, 7) is 4.36. The molecule has 3 aromatic rings. The van der Waals surface area contributed by atoms with Crippen molar-refractivity contribution in [2.75, 3.05) is 21.2 Å². The molecule has 2 heterocycles. The molecule has 0 bridgehead atoms. The predicted octanol–water partition coefficient (Wildman–Crippen LogP) is 3.98. The fourth-order valence-corrected chi connectivity index (χ4v) is 4.47. The highest BCUT2D eigenvalue weighted by atomic mass is 19.1. The van der Waals surface area contributed by atoms with Crippen LogP contribution in [0.25, 0.3) is 10.9 Å². The average molecular weight is 553 g/mol. The van der Waals surface area contributed by atoms with Gasteiger partial charge in [0.05, 0.1) is 19.7 Å². The molecule has 2 amide bonds. The molecule has 40 heavy (non-hydrogen) atoms. The Morgan fingerprint density at radius 1 is 1.18 bits per heavy atom. The van der Waals surface area contributed by atoms with E-state index in [1.807, 2.05) is 6.07 Å². The number of nitrogens with one attached hydrogen (secondary N) is 2. The number of aromatic amines is 1. The number of fused-ring (bicyclic) bond motifs is 1. The molecule has 0 aliphatic heterocycles. The summed E-state index contributed by atoms with van der Waals surface area (Å²) < 4.78 is 20.3. The first-order valence-corrected chi connectivity index (χ1v) is 13.2. The molecule has 0 radical (unpaired) electrons. The zero-order valence-corrected chi connectivity index (χ0v) is 23.6. The molecule has 0 spiro atoms. The van der Waals surface area contributed by atoms with Gasteiger partial charge in [0.25, 0.3) is 5.56 Å². The van der Waals surface area contributed by atoms with Crippen LogP contribution in [-0.2, 0) is 33.7 Å². The van der Waals surface area contributed by atoms with Crippen molar-refractivity contribution in [2.45, 2.75) is 52.1 Å². The lowest BCUT2D eigenvalue weighted by atomic mass is 10.0. The minimum absolute atomic E-state index is 0.189. The van der Waals surface area contributed by atoms with Gasteiger partial charge in [0, 0.05) is 48.9 Å². The fourth-order valence-electron chi connectivity index (χ4n) is 4.47. The molecule has 0 aliphatic carbocycles. The Labute approximate surface area is 233 Å². The van der Waals surface area contributed by atoms with E-state index < -0.39 is 12.1 Å². The SMILES string of the molecule is COC(=O)N[C@@H](CC/C=C/C(=O)N(C)C)C(=O)Cc1cccn(Cc2cc3cc(F)cc(CC(C)C)c3[nH]2)c1=O. The van der Waals surface area contributed by atoms with E-state index in [1.54, 1.807) is 38.5 Å². The number of benzene rings is 1. The maximum Gasteiger partial charge on any atom is 0.407 e. The summed E-state index contributed by atoms with van der Waals surface area (Å²) in [4.78, 5) is 54.7. The van der Waals surface area contributed by atoms with Crippen LogP contribution in [0.4, 0.5) is 9.18 Å². The number of amides is 2. The lowest BCUT2D eigenvalue weighted by Gasteiger charge is -2.16. The van der Waals surface area contributed by atoms with Crippen LogP contribution in [0.15, 0.2) is 53.5 Å². The lowest BCUT2D eigenvalue weighted by molar-refractivity contribution is -0.123. The third kappa shape index (κ3) is 8.14. The first kappa shape index (κ1) is 30.3. The molecule has 0 saturated heterocycles. The summed E-state index contributed by atoms with van der Waals surface area (Å²) in [6.07, 6.45) is 5.03. The Balaban J connectivity index is 1.78. The van der Waals surface area contributed by atoms with Crippen LogP contribution in [0, 0.1) is 11.7 Å². The van der Waals surface area contributed by atoms with Gasteiger partial charge in [-0.3, -0.25) is 14.4 Å². The van der Waals surface area contributed by atoms with E-state index in [1.165, 1.54) is 34.8 Å². The first-order chi connectivity index (χ1) is 19.0. The van der Waals surface area contributed by atoms with E-state index in [9.17, 15) is 23.6 Å². The number of carbonyl (C=O) groups is 3. The van der Waals surface area contributed by atoms with Gasteiger partial charge in [-0.25, -0.2) is 9.18 Å². The van der Waals surface area contributed by atoms with E-state index in [4.69, 9.17) is 0 Å². The van der Waals surface area contributed by atoms with Crippen molar-refractivity contribution >= 4 is 28.7 Å². The zero-order chi connectivity index (χ0) is 29.4. The Hall–Kier alpha value is -4.21. The van der Waals surface area contributed by atoms with E-state index in [0.29, 0.717) is 18.8 Å². The van der Waals surface area contributed by atoms with Crippen LogP contribution in [0.3, 0.4) is 0 Å². The summed E-state index contributed by atoms with van der Waals surface area (Å²) in [7, 11) is 4.46. The summed E-state index contributed by atoms with van der Waals surface area (Å²) >= 11 is 0. The third-order valence-electron chi connectivity index (χ3n) is 6.45. The fraction of sp³-hybridized carbons (Fsp3) is 0.400. The highest BCUT2D eigenvalue weighted by Gasteiger charge is 2.22. The number of aromatic nitrogens is 2. The monoisotopic (exact) mass is 552 g/mol. The normalized spacial score (nSPS) is 12.2. The number of nitrogens with zero attached hydrogens (tertiary/aromatic N) is 2. The average Bonchev–Trinajstić information content (AvgIpc) is 3.29. The van der Waals surface area contributed by atoms with Crippen LogP contribution in [0.1, 0.15) is 43.5 Å². The van der Waals surface area contributed by atoms with Crippen LogP contribution in [-0.4, -0.2) is 59.5 Å². The van der Waals surface area contributed by atoms with E-state index in [0.717, 1.165) is 22.2 Å². The quantitative estimate of drug-likeness (QED) is 0.330. The molecule has 2 N–H and O–H groups in total. The van der Waals surface area contributed by atoms with Gasteiger partial charge in [-0.15, -0.1) is 0 Å². The second kappa shape index (κ2) is 13.7. The highest BCUT2D eigenvalue weighted by Crippen LogP contribution is 2.24. The molecular formula is C30H37FN4O5. The second-order valence-corrected chi connectivity index (χ2v) is 10.4. The van der Waals surface area contributed by atoms with Gasteiger partial charge in [0.1, 0.15) is 5.82 Å². The summed E-state index contributed by atoms with van der Waals surface area (Å²) in [5, 5.41) is 3.26. The number of ketones is 1. The molecule has 0 aliphatic rings. The maximum absolute atomic E-state index is 14.2. The van der Waals surface area contributed by atoms with Crippen molar-refractivity contribution in [3.63, 3.8) is 0 Å². The molecule has 0 saturated carbocycles. The molecule has 10 heteroatoms. The molecule has 214 valence electrons. The molecule has 0 fully saturated rings. The van der Waals surface area contributed by atoms with Gasteiger partial charge in [-0.2, -0.15) is 0 Å². The topological polar surface area (TPSA) is 114 Å². The number of likely N-dealkylation sites (N-methyl/N-ethyl adjacent to an activating group) is 1. The van der Waals surface area contributed by atoms with Crippen molar-refractivity contribution in [3.05, 3.63) is 81.7 Å². The van der Waals surface area contributed by atoms with Crippen molar-refractivity contribution in [1.82, 2.24) is 19.8 Å². The summed E-state index contributed by atoms with van der Waals surface area (Å²) in [6, 6.07) is 7.21. The van der Waals surface area contributed by atoms with Crippen molar-refractivity contribution in [1.29, 1.82) is 0 Å². The number of hydrogen-bond acceptors (Lipinski definition) is 5. The van der Waals surface area contributed by atoms with Gasteiger partial charge in [-0.05, 0) is 61.1 Å². The number of ether oxygens (including phenoxy) is 1. The van der Waals surface area contributed by atoms with E-state index in [2.05, 4.69) is 28.9 Å². The van der Waals surface area contributed by atoms with Crippen molar-refractivity contribution in [2.24, 2.45) is 5.92 Å². The van der Waals surface area contributed by atoms with Crippen LogP contribution < -0.4 is 10.9 Å². The minimum Gasteiger partial charge on any atom is -0.453 e. The number of hydrogen-bond donors (Lipinski definition) is 2. The number of Topliss-reactive ketones (excluding diaryl/α,β-unsaturated/α-hetero) is 1. The first-order valence-electron chi connectivity index (χ1n) is 13.2. The van der Waals surface area contributed by atoms with Gasteiger partial charge < -0.3 is 24.5 Å². The predicted molar refractivity (Wildman–Crippen MR) is 152 cm³/mol.